The molecule has 336 valence electrons. The Kier molecular flexibility index (Phi) is 38.5. The van der Waals surface area contributed by atoms with Gasteiger partial charge in [0.15, 0.2) is 12.1 Å². The fourth-order valence-electron chi connectivity index (χ4n) is 5.69. The molecule has 0 heterocycles. The van der Waals surface area contributed by atoms with Crippen LogP contribution in [0.25, 0.3) is 0 Å². The first-order valence-electron chi connectivity index (χ1n) is 22.6. The number of hydrogen-bond donors (Lipinski definition) is 1. The van der Waals surface area contributed by atoms with Gasteiger partial charge in [-0.25, -0.2) is 4.79 Å². The van der Waals surface area contributed by atoms with Gasteiger partial charge >= 0.3 is 17.9 Å². The van der Waals surface area contributed by atoms with E-state index in [1.807, 2.05) is 33.3 Å². The normalized spacial score (nSPS) is 14.1. The molecule has 0 fully saturated rings. The maximum absolute atomic E-state index is 12.7. The van der Waals surface area contributed by atoms with Crippen LogP contribution in [0.3, 0.4) is 0 Å². The smallest absolute Gasteiger partial charge is 0.362 e. The summed E-state index contributed by atoms with van der Waals surface area (Å²) in [4.78, 5) is 37.0. The highest BCUT2D eigenvalue weighted by molar-refractivity contribution is 5.72. The molecule has 60 heavy (non-hydrogen) atoms. The van der Waals surface area contributed by atoms with Crippen molar-refractivity contribution < 1.29 is 38.2 Å². The molecule has 8 nitrogen and oxygen atoms in total. The van der Waals surface area contributed by atoms with Crippen LogP contribution >= 0.6 is 0 Å². The number of allylic oxidation sites excluding steroid dienone is 20. The van der Waals surface area contributed by atoms with E-state index in [1.165, 1.54) is 0 Å². The number of nitrogens with zero attached hydrogens (tertiary/aromatic N) is 1. The van der Waals surface area contributed by atoms with E-state index in [-0.39, 0.29) is 36.7 Å². The number of rotatable bonds is 38. The standard InChI is InChI=1S/C52H81NO7/c1-6-8-10-12-14-16-18-20-22-24-25-26-27-29-30-32-34-36-38-40-42-50(54)59-47-48(46-58-45-44-49(52(56)57)53(3,4)5)60-51(55)43-41-39-37-35-33-31-28-23-21-19-17-15-13-11-9-7-2/h8-11,14-17,20-23,25-26,29-31,33,37,39,48-49H,6-7,12-13,18-19,24,27-28,32,34-36,38,40-47H2,1-5H3/p+1/b10-8+,11-9+,16-14+,17-15+,22-20+,23-21+,26-25+,30-29+,33-31+,39-37+. The van der Waals surface area contributed by atoms with Gasteiger partial charge in [-0.15, -0.1) is 0 Å². The Balaban J connectivity index is 4.51. The molecule has 0 aromatic carbocycles. The highest BCUT2D eigenvalue weighted by Gasteiger charge is 2.31. The van der Waals surface area contributed by atoms with E-state index in [0.717, 1.165) is 96.3 Å². The Labute approximate surface area is 365 Å². The van der Waals surface area contributed by atoms with Crippen molar-refractivity contribution in [3.05, 3.63) is 122 Å². The van der Waals surface area contributed by atoms with Crippen molar-refractivity contribution >= 4 is 17.9 Å². The topological polar surface area (TPSA) is 99.1 Å². The number of quaternary nitrogens is 1. The molecule has 0 aliphatic carbocycles. The third-order valence-electron chi connectivity index (χ3n) is 9.12. The van der Waals surface area contributed by atoms with Gasteiger partial charge in [0, 0.05) is 19.3 Å². The number of aliphatic carboxylic acids is 1. The lowest BCUT2D eigenvalue weighted by atomic mass is 10.1. The number of hydrogen-bond acceptors (Lipinski definition) is 6. The number of carbonyl (C=O) groups excluding carboxylic acids is 2. The summed E-state index contributed by atoms with van der Waals surface area (Å²) in [6.45, 7) is 4.37. The summed E-state index contributed by atoms with van der Waals surface area (Å²) < 4.78 is 17.2. The molecule has 0 aromatic heterocycles. The third-order valence-corrected chi connectivity index (χ3v) is 9.12. The molecule has 0 saturated heterocycles. The highest BCUT2D eigenvalue weighted by atomic mass is 16.6. The van der Waals surface area contributed by atoms with Crippen LogP contribution in [0.2, 0.25) is 0 Å². The van der Waals surface area contributed by atoms with Crippen LogP contribution in [0.4, 0.5) is 0 Å². The van der Waals surface area contributed by atoms with Crippen LogP contribution in [0.15, 0.2) is 122 Å². The molecule has 0 aromatic rings. The number of carboxylic acids is 1. The maximum atomic E-state index is 12.7. The van der Waals surface area contributed by atoms with Crippen molar-refractivity contribution in [1.82, 2.24) is 0 Å². The number of carbonyl (C=O) groups is 3. The Bertz CT molecular complexity index is 1390. The highest BCUT2D eigenvalue weighted by Crippen LogP contribution is 2.11. The Hall–Kier alpha value is -4.27. The molecule has 0 bridgehead atoms. The van der Waals surface area contributed by atoms with Gasteiger partial charge in [0.05, 0.1) is 34.4 Å². The largest absolute Gasteiger partial charge is 0.477 e. The second kappa shape index (κ2) is 41.5. The molecule has 0 spiro atoms. The molecule has 0 aliphatic rings. The van der Waals surface area contributed by atoms with E-state index in [9.17, 15) is 19.5 Å². The minimum absolute atomic E-state index is 0.0139. The molecular weight excluding hydrogens is 751 g/mol. The maximum Gasteiger partial charge on any atom is 0.362 e. The quantitative estimate of drug-likeness (QED) is 0.0286. The molecule has 0 radical (unpaired) electrons. The van der Waals surface area contributed by atoms with Gasteiger partial charge in [-0.3, -0.25) is 9.59 Å². The summed E-state index contributed by atoms with van der Waals surface area (Å²) in [6.07, 6.45) is 58.3. The predicted octanol–water partition coefficient (Wildman–Crippen LogP) is 12.6. The summed E-state index contributed by atoms with van der Waals surface area (Å²) in [5.74, 6) is -1.63. The zero-order valence-corrected chi connectivity index (χ0v) is 38.1. The van der Waals surface area contributed by atoms with Crippen LogP contribution < -0.4 is 0 Å². The number of unbranched alkanes of at least 4 members (excludes halogenated alkanes) is 4. The Morgan fingerprint density at radius 1 is 0.500 bits per heavy atom. The Morgan fingerprint density at radius 3 is 1.35 bits per heavy atom. The van der Waals surface area contributed by atoms with Crippen LogP contribution in [-0.4, -0.2) is 80.6 Å². The second-order valence-electron chi connectivity index (χ2n) is 15.5. The van der Waals surface area contributed by atoms with E-state index in [0.29, 0.717) is 19.3 Å². The zero-order chi connectivity index (χ0) is 44.2. The molecule has 0 aliphatic heterocycles. The Morgan fingerprint density at radius 2 is 0.917 bits per heavy atom. The lowest BCUT2D eigenvalue weighted by Crippen LogP contribution is -2.50. The monoisotopic (exact) mass is 833 g/mol. The van der Waals surface area contributed by atoms with Crippen molar-refractivity contribution in [2.24, 2.45) is 0 Å². The predicted molar refractivity (Wildman–Crippen MR) is 252 cm³/mol. The molecule has 0 rings (SSSR count). The summed E-state index contributed by atoms with van der Waals surface area (Å²) in [5, 5.41) is 9.62. The van der Waals surface area contributed by atoms with Gasteiger partial charge in [0.25, 0.3) is 0 Å². The van der Waals surface area contributed by atoms with Gasteiger partial charge in [-0.2, -0.15) is 0 Å². The van der Waals surface area contributed by atoms with E-state index < -0.39 is 24.1 Å². The lowest BCUT2D eigenvalue weighted by Gasteiger charge is -2.31. The number of ether oxygens (including phenoxy) is 3. The van der Waals surface area contributed by atoms with E-state index in [2.05, 4.69) is 123 Å². The summed E-state index contributed by atoms with van der Waals surface area (Å²) >= 11 is 0. The van der Waals surface area contributed by atoms with Crippen LogP contribution in [0.5, 0.6) is 0 Å². The number of carboxylic acid groups (broad SMARTS) is 1. The third kappa shape index (κ3) is 39.2. The zero-order valence-electron chi connectivity index (χ0n) is 38.1. The molecule has 0 amide bonds. The van der Waals surface area contributed by atoms with Gasteiger partial charge in [0.2, 0.25) is 0 Å². The van der Waals surface area contributed by atoms with E-state index >= 15 is 0 Å². The summed E-state index contributed by atoms with van der Waals surface area (Å²) in [6, 6.07) is -0.639. The second-order valence-corrected chi connectivity index (χ2v) is 15.5. The molecule has 1 N–H and O–H groups in total. The average Bonchev–Trinajstić information content (AvgIpc) is 3.21. The first-order chi connectivity index (χ1) is 29.1. The van der Waals surface area contributed by atoms with Crippen molar-refractivity contribution in [1.29, 1.82) is 0 Å². The van der Waals surface area contributed by atoms with Gasteiger partial charge in [-0.05, 0) is 89.9 Å². The molecule has 0 saturated carbocycles. The van der Waals surface area contributed by atoms with E-state index in [1.54, 1.807) is 0 Å². The molecule has 8 heteroatoms. The van der Waals surface area contributed by atoms with Crippen LogP contribution in [0, 0.1) is 0 Å². The summed E-state index contributed by atoms with van der Waals surface area (Å²) in [5.41, 5.74) is 0. The van der Waals surface area contributed by atoms with Crippen LogP contribution in [-0.2, 0) is 28.6 Å². The first kappa shape index (κ1) is 55.7. The molecule has 2 atom stereocenters. The van der Waals surface area contributed by atoms with Gasteiger partial charge in [0.1, 0.15) is 6.61 Å². The molecule has 2 unspecified atom stereocenters. The number of likely N-dealkylation sites (N-methyl/N-ethyl adjacent to an activating group) is 1. The lowest BCUT2D eigenvalue weighted by molar-refractivity contribution is -0.887. The fourth-order valence-corrected chi connectivity index (χ4v) is 5.69. The molecular formula is C52H82NO7+. The van der Waals surface area contributed by atoms with Gasteiger partial charge < -0.3 is 23.8 Å². The SMILES string of the molecule is CC/C=C/C/C=C/C/C=C/C/C=C/C/C=C/CCCCCCC(=O)OCC(COCCC(C(=O)O)[N+](C)(C)C)OC(=O)CC/C=C/C/C=C/C/C=C/C/C=C/C/C=C/CC. The van der Waals surface area contributed by atoms with Gasteiger partial charge in [-0.1, -0.05) is 148 Å². The number of esters is 2. The van der Waals surface area contributed by atoms with E-state index in [4.69, 9.17) is 14.2 Å². The average molecular weight is 833 g/mol. The van der Waals surface area contributed by atoms with Crippen LogP contribution in [0.1, 0.15) is 136 Å². The minimum atomic E-state index is -0.896. The van der Waals surface area contributed by atoms with Crippen molar-refractivity contribution in [2.45, 2.75) is 148 Å². The van der Waals surface area contributed by atoms with Crippen molar-refractivity contribution in [3.63, 3.8) is 0 Å². The minimum Gasteiger partial charge on any atom is -0.477 e. The fraction of sp³-hybridized carbons (Fsp3) is 0.558. The van der Waals surface area contributed by atoms with Crippen molar-refractivity contribution in [2.75, 3.05) is 41.0 Å². The summed E-state index contributed by atoms with van der Waals surface area (Å²) in [7, 11) is 5.48. The first-order valence-corrected chi connectivity index (χ1v) is 22.6. The van der Waals surface area contributed by atoms with Crippen molar-refractivity contribution in [3.8, 4) is 0 Å².